The number of urea groups is 1. The molecule has 2 amide bonds. The zero-order valence-corrected chi connectivity index (χ0v) is 11.8. The summed E-state index contributed by atoms with van der Waals surface area (Å²) in [5.41, 5.74) is 0.509. The van der Waals surface area contributed by atoms with Crippen molar-refractivity contribution in [2.24, 2.45) is 5.92 Å². The molecule has 0 spiro atoms. The van der Waals surface area contributed by atoms with Crippen LogP contribution in [0.3, 0.4) is 0 Å². The molecule has 4 heteroatoms. The molecule has 0 bridgehead atoms. The quantitative estimate of drug-likeness (QED) is 0.849. The van der Waals surface area contributed by atoms with Crippen molar-refractivity contribution in [3.63, 3.8) is 0 Å². The summed E-state index contributed by atoms with van der Waals surface area (Å²) in [4.78, 5) is 11.6. The van der Waals surface area contributed by atoms with Crippen LogP contribution in [0.1, 0.15) is 44.1 Å². The molecule has 0 atom stereocenters. The van der Waals surface area contributed by atoms with E-state index in [4.69, 9.17) is 0 Å². The Hall–Kier alpha value is -1.58. The van der Waals surface area contributed by atoms with E-state index in [1.807, 2.05) is 0 Å². The van der Waals surface area contributed by atoms with Gasteiger partial charge in [-0.05, 0) is 18.4 Å². The van der Waals surface area contributed by atoms with Crippen LogP contribution < -0.4 is 10.6 Å². The van der Waals surface area contributed by atoms with Gasteiger partial charge in [0.15, 0.2) is 0 Å². The molecule has 3 nitrogen and oxygen atoms in total. The Morgan fingerprint density at radius 2 is 1.90 bits per heavy atom. The summed E-state index contributed by atoms with van der Waals surface area (Å²) in [6.45, 7) is 0.926. The Bertz CT molecular complexity index is 430. The highest BCUT2D eigenvalue weighted by molar-refractivity contribution is 5.73. The first-order chi connectivity index (χ1) is 9.75. The molecule has 2 rings (SSSR count). The summed E-state index contributed by atoms with van der Waals surface area (Å²) in [5.74, 6) is 0.477. The van der Waals surface area contributed by atoms with Crippen molar-refractivity contribution in [3.8, 4) is 0 Å². The van der Waals surface area contributed by atoms with Crippen LogP contribution in [-0.4, -0.2) is 12.6 Å². The Kier molecular flexibility index (Phi) is 5.84. The van der Waals surface area contributed by atoms with Crippen LogP contribution >= 0.6 is 0 Å². The van der Waals surface area contributed by atoms with E-state index in [0.717, 1.165) is 12.3 Å². The van der Waals surface area contributed by atoms with Crippen LogP contribution in [0, 0.1) is 11.7 Å². The normalized spacial score (nSPS) is 15.8. The summed E-state index contributed by atoms with van der Waals surface area (Å²) >= 11 is 0. The monoisotopic (exact) mass is 278 g/mol. The van der Waals surface area contributed by atoms with Gasteiger partial charge in [-0.15, -0.1) is 0 Å². The van der Waals surface area contributed by atoms with Crippen molar-refractivity contribution in [1.29, 1.82) is 0 Å². The van der Waals surface area contributed by atoms with E-state index in [2.05, 4.69) is 10.6 Å². The molecule has 1 aliphatic carbocycles. The van der Waals surface area contributed by atoms with Crippen molar-refractivity contribution in [3.05, 3.63) is 35.6 Å². The molecule has 1 fully saturated rings. The number of carbonyl (C=O) groups is 1. The van der Waals surface area contributed by atoms with Gasteiger partial charge in [0.25, 0.3) is 0 Å². The van der Waals surface area contributed by atoms with Crippen LogP contribution in [0.5, 0.6) is 0 Å². The van der Waals surface area contributed by atoms with Crippen molar-refractivity contribution >= 4 is 6.03 Å². The number of rotatable bonds is 5. The van der Waals surface area contributed by atoms with Crippen molar-refractivity contribution < 1.29 is 9.18 Å². The first-order valence-electron chi connectivity index (χ1n) is 7.51. The SMILES string of the molecule is O=C(NCCC1CCCCC1)NCc1ccccc1F. The average Bonchev–Trinajstić information content (AvgIpc) is 2.47. The molecule has 0 saturated heterocycles. The van der Waals surface area contributed by atoms with Gasteiger partial charge in [-0.25, -0.2) is 9.18 Å². The first kappa shape index (κ1) is 14.8. The Morgan fingerprint density at radius 1 is 1.15 bits per heavy atom. The molecular weight excluding hydrogens is 255 g/mol. The van der Waals surface area contributed by atoms with E-state index in [0.29, 0.717) is 12.1 Å². The van der Waals surface area contributed by atoms with Gasteiger partial charge >= 0.3 is 6.03 Å². The second-order valence-electron chi connectivity index (χ2n) is 5.49. The van der Waals surface area contributed by atoms with Crippen LogP contribution in [0.2, 0.25) is 0 Å². The summed E-state index contributed by atoms with van der Waals surface area (Å²) in [6, 6.07) is 6.27. The Balaban J connectivity index is 1.62. The minimum Gasteiger partial charge on any atom is -0.338 e. The molecule has 2 N–H and O–H groups in total. The molecular formula is C16H23FN2O. The van der Waals surface area contributed by atoms with E-state index < -0.39 is 0 Å². The van der Waals surface area contributed by atoms with Crippen LogP contribution in [-0.2, 0) is 6.54 Å². The Morgan fingerprint density at radius 3 is 2.65 bits per heavy atom. The molecule has 110 valence electrons. The Labute approximate surface area is 120 Å². The zero-order chi connectivity index (χ0) is 14.2. The third-order valence-electron chi connectivity index (χ3n) is 3.96. The maximum Gasteiger partial charge on any atom is 0.315 e. The van der Waals surface area contributed by atoms with Crippen LogP contribution in [0.15, 0.2) is 24.3 Å². The third-order valence-corrected chi connectivity index (χ3v) is 3.96. The third kappa shape index (κ3) is 4.83. The van der Waals surface area contributed by atoms with E-state index in [-0.39, 0.29) is 18.4 Å². The fraction of sp³-hybridized carbons (Fsp3) is 0.562. The fourth-order valence-electron chi connectivity index (χ4n) is 2.75. The number of hydrogen-bond donors (Lipinski definition) is 2. The van der Waals surface area contributed by atoms with E-state index in [1.165, 1.54) is 38.2 Å². The lowest BCUT2D eigenvalue weighted by Crippen LogP contribution is -2.36. The highest BCUT2D eigenvalue weighted by atomic mass is 19.1. The lowest BCUT2D eigenvalue weighted by atomic mass is 9.87. The predicted octanol–water partition coefficient (Wildman–Crippen LogP) is 3.60. The number of benzene rings is 1. The van der Waals surface area contributed by atoms with Gasteiger partial charge in [-0.1, -0.05) is 50.3 Å². The molecule has 1 aliphatic rings. The number of carbonyl (C=O) groups excluding carboxylic acids is 1. The molecule has 0 radical (unpaired) electrons. The molecule has 1 aromatic rings. The number of halogens is 1. The van der Waals surface area contributed by atoms with E-state index in [1.54, 1.807) is 18.2 Å². The molecule has 1 saturated carbocycles. The van der Waals surface area contributed by atoms with Crippen molar-refractivity contribution in [2.45, 2.75) is 45.1 Å². The zero-order valence-electron chi connectivity index (χ0n) is 11.8. The van der Waals surface area contributed by atoms with Crippen molar-refractivity contribution in [1.82, 2.24) is 10.6 Å². The second-order valence-corrected chi connectivity index (χ2v) is 5.49. The highest BCUT2D eigenvalue weighted by Gasteiger charge is 2.13. The van der Waals surface area contributed by atoms with E-state index >= 15 is 0 Å². The van der Waals surface area contributed by atoms with Gasteiger partial charge < -0.3 is 10.6 Å². The van der Waals surface area contributed by atoms with Gasteiger partial charge in [0.1, 0.15) is 5.82 Å². The second kappa shape index (κ2) is 7.88. The highest BCUT2D eigenvalue weighted by Crippen LogP contribution is 2.25. The maximum atomic E-state index is 13.4. The van der Waals surface area contributed by atoms with Crippen LogP contribution in [0.4, 0.5) is 9.18 Å². The summed E-state index contributed by atoms with van der Waals surface area (Å²) < 4.78 is 13.4. The summed E-state index contributed by atoms with van der Waals surface area (Å²) in [7, 11) is 0. The molecule has 20 heavy (non-hydrogen) atoms. The van der Waals surface area contributed by atoms with Gasteiger partial charge in [0.2, 0.25) is 0 Å². The fourth-order valence-corrected chi connectivity index (χ4v) is 2.75. The minimum atomic E-state index is -0.282. The summed E-state index contributed by atoms with van der Waals surface area (Å²) in [6.07, 6.45) is 7.63. The smallest absolute Gasteiger partial charge is 0.315 e. The summed E-state index contributed by atoms with van der Waals surface area (Å²) in [5, 5.41) is 5.53. The molecule has 0 heterocycles. The van der Waals surface area contributed by atoms with Gasteiger partial charge in [-0.2, -0.15) is 0 Å². The number of hydrogen-bond acceptors (Lipinski definition) is 1. The molecule has 0 aromatic heterocycles. The van der Waals surface area contributed by atoms with Crippen molar-refractivity contribution in [2.75, 3.05) is 6.54 Å². The lowest BCUT2D eigenvalue weighted by Gasteiger charge is -2.21. The first-order valence-corrected chi connectivity index (χ1v) is 7.51. The number of amides is 2. The van der Waals surface area contributed by atoms with Gasteiger partial charge in [0.05, 0.1) is 0 Å². The average molecular weight is 278 g/mol. The van der Waals surface area contributed by atoms with E-state index in [9.17, 15) is 9.18 Å². The standard InChI is InChI=1S/C16H23FN2O/c17-15-9-5-4-8-14(15)12-19-16(20)18-11-10-13-6-2-1-3-7-13/h4-5,8-9,13H,1-3,6-7,10-12H2,(H2,18,19,20). The molecule has 0 aliphatic heterocycles. The molecule has 1 aromatic carbocycles. The van der Waals surface area contributed by atoms with Gasteiger partial charge in [0, 0.05) is 18.7 Å². The number of nitrogens with one attached hydrogen (secondary N) is 2. The molecule has 0 unspecified atom stereocenters. The predicted molar refractivity (Wildman–Crippen MR) is 77.8 cm³/mol. The largest absolute Gasteiger partial charge is 0.338 e. The topological polar surface area (TPSA) is 41.1 Å². The lowest BCUT2D eigenvalue weighted by molar-refractivity contribution is 0.238. The van der Waals surface area contributed by atoms with Crippen LogP contribution in [0.25, 0.3) is 0 Å². The maximum absolute atomic E-state index is 13.4. The minimum absolute atomic E-state index is 0.218. The van der Waals surface area contributed by atoms with Gasteiger partial charge in [-0.3, -0.25) is 0 Å².